The molecule has 0 saturated carbocycles. The molecule has 0 saturated heterocycles. The molecule has 0 aliphatic carbocycles. The number of hydrogen-bond donors (Lipinski definition) is 3. The smallest absolute Gasteiger partial charge is 0.229 e. The largest absolute Gasteiger partial charge is 0.396 e. The molecule has 6 heteroatoms. The van der Waals surface area contributed by atoms with E-state index in [1.165, 1.54) is 4.90 Å². The molecule has 0 aromatic heterocycles. The van der Waals surface area contributed by atoms with Crippen LogP contribution in [0.2, 0.25) is 0 Å². The third-order valence-electron chi connectivity index (χ3n) is 3.99. The van der Waals surface area contributed by atoms with Gasteiger partial charge in [0.1, 0.15) is 0 Å². The van der Waals surface area contributed by atoms with Crippen molar-refractivity contribution in [2.24, 2.45) is 0 Å². The van der Waals surface area contributed by atoms with Crippen molar-refractivity contribution in [2.75, 3.05) is 24.7 Å². The standard InChI is InChI=1S/C18H35NO3S2/c20-14-8-2-1-7-13-19(17(21)11-5-3-9-15-23)18(22)12-6-4-10-16-24/h20,23-24H,1-16H2. The first kappa shape index (κ1) is 23.8. The maximum absolute atomic E-state index is 12.4. The first-order chi connectivity index (χ1) is 11.7. The maximum Gasteiger partial charge on any atom is 0.229 e. The Morgan fingerprint density at radius 1 is 0.667 bits per heavy atom. The molecule has 0 heterocycles. The maximum atomic E-state index is 12.4. The number of rotatable bonds is 16. The highest BCUT2D eigenvalue weighted by Crippen LogP contribution is 2.11. The van der Waals surface area contributed by atoms with Gasteiger partial charge in [-0.3, -0.25) is 14.5 Å². The number of hydrogen-bond acceptors (Lipinski definition) is 5. The molecule has 0 atom stereocenters. The van der Waals surface area contributed by atoms with Crippen LogP contribution in [0, 0.1) is 0 Å². The molecule has 0 bridgehead atoms. The van der Waals surface area contributed by atoms with Crippen LogP contribution in [0.1, 0.15) is 77.0 Å². The van der Waals surface area contributed by atoms with Crippen molar-refractivity contribution < 1.29 is 14.7 Å². The molecule has 24 heavy (non-hydrogen) atoms. The molecule has 0 radical (unpaired) electrons. The van der Waals surface area contributed by atoms with Crippen LogP contribution >= 0.6 is 25.3 Å². The summed E-state index contributed by atoms with van der Waals surface area (Å²) in [4.78, 5) is 26.3. The highest BCUT2D eigenvalue weighted by atomic mass is 32.1. The van der Waals surface area contributed by atoms with Gasteiger partial charge in [-0.15, -0.1) is 0 Å². The van der Waals surface area contributed by atoms with Crippen LogP contribution in [0.15, 0.2) is 0 Å². The van der Waals surface area contributed by atoms with Crippen LogP contribution < -0.4 is 0 Å². The minimum absolute atomic E-state index is 0.0319. The Bertz CT molecular complexity index is 303. The number of carbonyl (C=O) groups is 2. The number of amides is 2. The third kappa shape index (κ3) is 13.1. The molecule has 0 aliphatic heterocycles. The molecule has 2 amide bonds. The summed E-state index contributed by atoms with van der Waals surface area (Å²) in [6.07, 6.45) is 10.0. The predicted octanol–water partition coefficient (Wildman–Crippen LogP) is 3.87. The van der Waals surface area contributed by atoms with E-state index in [-0.39, 0.29) is 18.4 Å². The van der Waals surface area contributed by atoms with Crippen LogP contribution in [-0.2, 0) is 9.59 Å². The van der Waals surface area contributed by atoms with E-state index < -0.39 is 0 Å². The first-order valence-electron chi connectivity index (χ1n) is 9.33. The van der Waals surface area contributed by atoms with E-state index in [1.807, 2.05) is 0 Å². The van der Waals surface area contributed by atoms with Crippen LogP contribution in [0.4, 0.5) is 0 Å². The van der Waals surface area contributed by atoms with Crippen LogP contribution in [0.25, 0.3) is 0 Å². The minimum atomic E-state index is -0.0319. The van der Waals surface area contributed by atoms with Crippen molar-refractivity contribution in [3.05, 3.63) is 0 Å². The summed E-state index contributed by atoms with van der Waals surface area (Å²) in [5.74, 6) is 1.62. The molecule has 0 unspecified atom stereocenters. The second kappa shape index (κ2) is 17.6. The Morgan fingerprint density at radius 3 is 1.58 bits per heavy atom. The zero-order chi connectivity index (χ0) is 18.0. The van der Waals surface area contributed by atoms with Crippen molar-refractivity contribution in [3.63, 3.8) is 0 Å². The normalized spacial score (nSPS) is 10.8. The molecular weight excluding hydrogens is 342 g/mol. The van der Waals surface area contributed by atoms with Gasteiger partial charge in [-0.05, 0) is 50.0 Å². The number of aliphatic hydroxyl groups is 1. The molecule has 1 N–H and O–H groups in total. The lowest BCUT2D eigenvalue weighted by Crippen LogP contribution is -2.37. The average molecular weight is 378 g/mol. The van der Waals surface area contributed by atoms with Gasteiger partial charge in [-0.25, -0.2) is 0 Å². The van der Waals surface area contributed by atoms with E-state index in [2.05, 4.69) is 25.3 Å². The van der Waals surface area contributed by atoms with Crippen molar-refractivity contribution >= 4 is 37.1 Å². The summed E-state index contributed by atoms with van der Waals surface area (Å²) in [6, 6.07) is 0. The Balaban J connectivity index is 4.29. The lowest BCUT2D eigenvalue weighted by Gasteiger charge is -2.21. The Labute approximate surface area is 158 Å². The van der Waals surface area contributed by atoms with Gasteiger partial charge in [-0.2, -0.15) is 25.3 Å². The van der Waals surface area contributed by atoms with Crippen molar-refractivity contribution in [1.29, 1.82) is 0 Å². The van der Waals surface area contributed by atoms with Crippen molar-refractivity contribution in [1.82, 2.24) is 4.90 Å². The number of nitrogens with zero attached hydrogens (tertiary/aromatic N) is 1. The van der Waals surface area contributed by atoms with Crippen LogP contribution in [-0.4, -0.2) is 46.5 Å². The Hall–Kier alpha value is -0.200. The van der Waals surface area contributed by atoms with Gasteiger partial charge in [0, 0.05) is 26.0 Å². The molecule has 0 spiro atoms. The second-order valence-electron chi connectivity index (χ2n) is 6.15. The summed E-state index contributed by atoms with van der Waals surface area (Å²) in [5, 5.41) is 8.80. The molecule has 142 valence electrons. The SMILES string of the molecule is O=C(CCCCCS)N(CCCCCCO)C(=O)CCCCCS. The predicted molar refractivity (Wildman–Crippen MR) is 107 cm³/mol. The van der Waals surface area contributed by atoms with Gasteiger partial charge in [0.05, 0.1) is 0 Å². The number of imide groups is 1. The van der Waals surface area contributed by atoms with Gasteiger partial charge in [0.15, 0.2) is 0 Å². The molecule has 0 rings (SSSR count). The zero-order valence-corrected chi connectivity index (χ0v) is 16.7. The first-order valence-corrected chi connectivity index (χ1v) is 10.6. The van der Waals surface area contributed by atoms with Gasteiger partial charge >= 0.3 is 0 Å². The summed E-state index contributed by atoms with van der Waals surface area (Å²) < 4.78 is 0. The molecular formula is C18H35NO3S2. The molecule has 0 aromatic rings. The monoisotopic (exact) mass is 377 g/mol. The summed E-state index contributed by atoms with van der Waals surface area (Å²) in [6.45, 7) is 0.722. The number of carbonyl (C=O) groups excluding carboxylic acids is 2. The lowest BCUT2D eigenvalue weighted by atomic mass is 10.1. The van der Waals surface area contributed by atoms with Gasteiger partial charge in [0.2, 0.25) is 11.8 Å². The van der Waals surface area contributed by atoms with Crippen LogP contribution in [0.3, 0.4) is 0 Å². The Kier molecular flexibility index (Phi) is 17.5. The summed E-state index contributed by atoms with van der Waals surface area (Å²) in [7, 11) is 0. The molecule has 4 nitrogen and oxygen atoms in total. The van der Waals surface area contributed by atoms with E-state index in [0.29, 0.717) is 19.4 Å². The quantitative estimate of drug-likeness (QED) is 0.283. The van der Waals surface area contributed by atoms with Crippen molar-refractivity contribution in [3.8, 4) is 0 Å². The lowest BCUT2D eigenvalue weighted by molar-refractivity contribution is -0.145. The topological polar surface area (TPSA) is 57.6 Å². The molecule has 0 fully saturated rings. The minimum Gasteiger partial charge on any atom is -0.396 e. The number of thiol groups is 2. The Morgan fingerprint density at radius 2 is 1.12 bits per heavy atom. The van der Waals surface area contributed by atoms with E-state index in [4.69, 9.17) is 5.11 Å². The van der Waals surface area contributed by atoms with Gasteiger partial charge < -0.3 is 5.11 Å². The fraction of sp³-hybridized carbons (Fsp3) is 0.889. The van der Waals surface area contributed by atoms with Crippen LogP contribution in [0.5, 0.6) is 0 Å². The van der Waals surface area contributed by atoms with E-state index in [0.717, 1.165) is 75.7 Å². The van der Waals surface area contributed by atoms with E-state index in [9.17, 15) is 9.59 Å². The second-order valence-corrected chi connectivity index (χ2v) is 7.04. The average Bonchev–Trinajstić information content (AvgIpc) is 2.58. The summed E-state index contributed by atoms with van der Waals surface area (Å²) >= 11 is 8.35. The fourth-order valence-corrected chi connectivity index (χ4v) is 2.97. The van der Waals surface area contributed by atoms with Crippen molar-refractivity contribution in [2.45, 2.75) is 77.0 Å². The third-order valence-corrected chi connectivity index (χ3v) is 4.62. The molecule has 0 aliphatic rings. The van der Waals surface area contributed by atoms with Gasteiger partial charge in [-0.1, -0.05) is 25.7 Å². The van der Waals surface area contributed by atoms with E-state index in [1.54, 1.807) is 0 Å². The highest BCUT2D eigenvalue weighted by molar-refractivity contribution is 7.80. The number of aliphatic hydroxyl groups excluding tert-OH is 1. The van der Waals surface area contributed by atoms with Gasteiger partial charge in [0.25, 0.3) is 0 Å². The zero-order valence-electron chi connectivity index (χ0n) is 14.9. The highest BCUT2D eigenvalue weighted by Gasteiger charge is 2.19. The summed E-state index contributed by atoms with van der Waals surface area (Å²) in [5.41, 5.74) is 0. The number of unbranched alkanes of at least 4 members (excludes halogenated alkanes) is 7. The van der Waals surface area contributed by atoms with E-state index >= 15 is 0 Å². The molecule has 0 aromatic carbocycles. The fourth-order valence-electron chi connectivity index (χ4n) is 2.52.